The van der Waals surface area contributed by atoms with E-state index < -0.39 is 0 Å². The molecule has 2 nitrogen and oxygen atoms in total. The average molecular weight is 697 g/mol. The molecule has 4 aromatic heterocycles. The van der Waals surface area contributed by atoms with Crippen molar-refractivity contribution in [1.82, 2.24) is 9.13 Å². The average Bonchev–Trinajstić information content (AvgIpc) is 3.96. The van der Waals surface area contributed by atoms with E-state index in [1.165, 1.54) is 106 Å². The van der Waals surface area contributed by atoms with Crippen molar-refractivity contribution in [2.45, 2.75) is 0 Å². The quantitative estimate of drug-likeness (QED) is 0.174. The molecule has 0 bridgehead atoms. The first-order chi connectivity index (χ1) is 25.8. The number of hydrogen-bond donors (Lipinski definition) is 0. The van der Waals surface area contributed by atoms with Gasteiger partial charge in [0.1, 0.15) is 0 Å². The van der Waals surface area contributed by atoms with Gasteiger partial charge < -0.3 is 9.13 Å². The summed E-state index contributed by atoms with van der Waals surface area (Å²) in [5, 5.41) is 10.4. The van der Waals surface area contributed by atoms with Gasteiger partial charge in [0.25, 0.3) is 0 Å². The molecule has 0 aliphatic carbocycles. The summed E-state index contributed by atoms with van der Waals surface area (Å²) in [5.41, 5.74) is 9.86. The molecule has 0 fully saturated rings. The first-order valence-corrected chi connectivity index (χ1v) is 19.3. The lowest BCUT2D eigenvalue weighted by atomic mass is 10.0. The second-order valence-electron chi connectivity index (χ2n) is 13.6. The first-order valence-electron chi connectivity index (χ1n) is 17.7. The second kappa shape index (κ2) is 10.7. The third kappa shape index (κ3) is 3.77. The Balaban J connectivity index is 1.27. The van der Waals surface area contributed by atoms with Gasteiger partial charge in [0.2, 0.25) is 0 Å². The molecule has 0 spiro atoms. The third-order valence-electron chi connectivity index (χ3n) is 10.9. The summed E-state index contributed by atoms with van der Waals surface area (Å²) in [5.74, 6) is 0. The Labute approximate surface area is 306 Å². The predicted molar refractivity (Wildman–Crippen MR) is 226 cm³/mol. The lowest BCUT2D eigenvalue weighted by Gasteiger charge is -2.13. The van der Waals surface area contributed by atoms with Gasteiger partial charge in [-0.25, -0.2) is 0 Å². The molecule has 242 valence electrons. The van der Waals surface area contributed by atoms with Crippen molar-refractivity contribution in [2.24, 2.45) is 0 Å². The van der Waals surface area contributed by atoms with Crippen LogP contribution in [0.5, 0.6) is 0 Å². The number of aromatic nitrogens is 2. The molecule has 0 radical (unpaired) electrons. The molecule has 0 aliphatic heterocycles. The molecule has 12 rings (SSSR count). The van der Waals surface area contributed by atoms with Crippen LogP contribution in [0.25, 0.3) is 106 Å². The maximum atomic E-state index is 2.55. The van der Waals surface area contributed by atoms with E-state index in [2.05, 4.69) is 179 Å². The Bertz CT molecular complexity index is 3410. The van der Waals surface area contributed by atoms with Crippen LogP contribution in [0, 0.1) is 0 Å². The van der Waals surface area contributed by atoms with E-state index in [0.717, 1.165) is 0 Å². The maximum Gasteiger partial charge on any atom is 0.0727 e. The van der Waals surface area contributed by atoms with Crippen LogP contribution in [0.4, 0.5) is 0 Å². The number of hydrogen-bond acceptors (Lipinski definition) is 2. The zero-order valence-electron chi connectivity index (χ0n) is 27.9. The van der Waals surface area contributed by atoms with Crippen molar-refractivity contribution < 1.29 is 0 Å². The molecule has 0 aliphatic rings. The van der Waals surface area contributed by atoms with Crippen LogP contribution in [-0.4, -0.2) is 9.13 Å². The molecule has 0 atom stereocenters. The lowest BCUT2D eigenvalue weighted by Crippen LogP contribution is -1.96. The minimum absolute atomic E-state index is 1.17. The number of rotatable bonds is 3. The van der Waals surface area contributed by atoms with Crippen LogP contribution in [-0.2, 0) is 0 Å². The molecule has 0 saturated heterocycles. The molecule has 12 aromatic rings. The van der Waals surface area contributed by atoms with Gasteiger partial charge in [0, 0.05) is 68.6 Å². The fourth-order valence-electron chi connectivity index (χ4n) is 8.79. The van der Waals surface area contributed by atoms with Crippen molar-refractivity contribution in [1.29, 1.82) is 0 Å². The van der Waals surface area contributed by atoms with Gasteiger partial charge in [-0.2, -0.15) is 0 Å². The summed E-state index contributed by atoms with van der Waals surface area (Å²) in [7, 11) is 0. The molecule has 0 N–H and O–H groups in total. The third-order valence-corrected chi connectivity index (χ3v) is 13.3. The van der Waals surface area contributed by atoms with Crippen molar-refractivity contribution in [3.05, 3.63) is 170 Å². The van der Waals surface area contributed by atoms with E-state index in [1.54, 1.807) is 0 Å². The van der Waals surface area contributed by atoms with Crippen LogP contribution in [0.1, 0.15) is 0 Å². The standard InChI is InChI=1S/C48H28N2S2/c1-2-15-30(16-3-1)49-38-24-8-4-19-35(38)42-43-36-20-5-9-25-39(36)50(46(43)48-44(45(42)49)37-21-7-11-27-41(37)52-48)31-17-12-14-29(28-31)32-22-13-23-34-33-18-6-10-26-40(33)51-47(32)34/h1-28H. The van der Waals surface area contributed by atoms with E-state index in [4.69, 9.17) is 0 Å². The molecule has 0 saturated carbocycles. The molecule has 52 heavy (non-hydrogen) atoms. The highest BCUT2D eigenvalue weighted by atomic mass is 32.1. The fraction of sp³-hybridized carbons (Fsp3) is 0. The van der Waals surface area contributed by atoms with Crippen LogP contribution >= 0.6 is 22.7 Å². The normalized spacial score (nSPS) is 12.2. The van der Waals surface area contributed by atoms with E-state index >= 15 is 0 Å². The Morgan fingerprint density at radius 1 is 0.346 bits per heavy atom. The Kier molecular flexibility index (Phi) is 5.84. The number of thiophene rings is 2. The highest BCUT2D eigenvalue weighted by Crippen LogP contribution is 2.51. The van der Waals surface area contributed by atoms with Gasteiger partial charge in [0.05, 0.1) is 26.8 Å². The Hall–Kier alpha value is -6.20. The van der Waals surface area contributed by atoms with Gasteiger partial charge in [-0.05, 0) is 59.7 Å². The van der Waals surface area contributed by atoms with Gasteiger partial charge >= 0.3 is 0 Å². The van der Waals surface area contributed by atoms with Crippen LogP contribution in [0.15, 0.2) is 170 Å². The highest BCUT2D eigenvalue weighted by Gasteiger charge is 2.26. The zero-order valence-corrected chi connectivity index (χ0v) is 29.5. The van der Waals surface area contributed by atoms with E-state index in [9.17, 15) is 0 Å². The molecule has 8 aromatic carbocycles. The predicted octanol–water partition coefficient (Wildman–Crippen LogP) is 14.3. The Morgan fingerprint density at radius 2 is 0.885 bits per heavy atom. The number of fused-ring (bicyclic) bond motifs is 15. The second-order valence-corrected chi connectivity index (χ2v) is 15.7. The smallest absolute Gasteiger partial charge is 0.0727 e. The maximum absolute atomic E-state index is 2.55. The summed E-state index contributed by atoms with van der Waals surface area (Å²) in [4.78, 5) is 0. The fourth-order valence-corrected chi connectivity index (χ4v) is 11.3. The van der Waals surface area contributed by atoms with Crippen molar-refractivity contribution in [2.75, 3.05) is 0 Å². The van der Waals surface area contributed by atoms with Gasteiger partial charge in [0.15, 0.2) is 0 Å². The topological polar surface area (TPSA) is 9.86 Å². The molecule has 0 amide bonds. The summed E-state index contributed by atoms with van der Waals surface area (Å²) in [6.07, 6.45) is 0. The zero-order chi connectivity index (χ0) is 33.9. The number of para-hydroxylation sites is 3. The molecule has 4 heteroatoms. The van der Waals surface area contributed by atoms with Gasteiger partial charge in [-0.1, -0.05) is 121 Å². The van der Waals surface area contributed by atoms with Crippen LogP contribution < -0.4 is 0 Å². The van der Waals surface area contributed by atoms with Crippen molar-refractivity contribution in [3.63, 3.8) is 0 Å². The summed E-state index contributed by atoms with van der Waals surface area (Å²) in [6.45, 7) is 0. The summed E-state index contributed by atoms with van der Waals surface area (Å²) in [6, 6.07) is 62.6. The minimum Gasteiger partial charge on any atom is -0.309 e. The largest absolute Gasteiger partial charge is 0.309 e. The lowest BCUT2D eigenvalue weighted by molar-refractivity contribution is 1.18. The minimum atomic E-state index is 1.17. The SMILES string of the molecule is c1ccc(-n2c3ccccc3c3c4c5ccccc5n(-c5cccc(-c6cccc7c6sc6ccccc67)c5)c4c4sc5ccccc5c4c32)cc1. The molecule has 0 unspecified atom stereocenters. The number of nitrogens with zero attached hydrogens (tertiary/aromatic N) is 2. The van der Waals surface area contributed by atoms with E-state index in [1.807, 2.05) is 22.7 Å². The van der Waals surface area contributed by atoms with Crippen LogP contribution in [0.3, 0.4) is 0 Å². The van der Waals surface area contributed by atoms with Gasteiger partial charge in [-0.15, -0.1) is 22.7 Å². The molecular formula is C48H28N2S2. The van der Waals surface area contributed by atoms with Gasteiger partial charge in [-0.3, -0.25) is 0 Å². The monoisotopic (exact) mass is 696 g/mol. The summed E-state index contributed by atoms with van der Waals surface area (Å²) < 4.78 is 10.3. The van der Waals surface area contributed by atoms with Crippen molar-refractivity contribution in [3.8, 4) is 22.5 Å². The van der Waals surface area contributed by atoms with Crippen molar-refractivity contribution >= 4 is 107 Å². The highest BCUT2D eigenvalue weighted by molar-refractivity contribution is 7.27. The Morgan fingerprint density at radius 3 is 1.65 bits per heavy atom. The van der Waals surface area contributed by atoms with E-state index in [-0.39, 0.29) is 0 Å². The molecule has 4 heterocycles. The first kappa shape index (κ1) is 28.5. The molecular weight excluding hydrogens is 669 g/mol. The summed E-state index contributed by atoms with van der Waals surface area (Å²) >= 11 is 3.81. The van der Waals surface area contributed by atoms with Crippen LogP contribution in [0.2, 0.25) is 0 Å². The number of benzene rings is 8. The van der Waals surface area contributed by atoms with E-state index in [0.29, 0.717) is 0 Å².